The number of furan rings is 1. The number of benzene rings is 2. The zero-order chi connectivity index (χ0) is 21.1. The second kappa shape index (κ2) is 8.69. The number of nitrogens with one attached hydrogen (secondary N) is 1. The Labute approximate surface area is 180 Å². The molecule has 0 spiro atoms. The van der Waals surface area contributed by atoms with Crippen molar-refractivity contribution in [1.82, 2.24) is 0 Å². The molecule has 0 saturated heterocycles. The van der Waals surface area contributed by atoms with E-state index >= 15 is 0 Å². The second-order valence-corrected chi connectivity index (χ2v) is 7.19. The Morgan fingerprint density at radius 3 is 2.62 bits per heavy atom. The molecule has 1 amide bonds. The van der Waals surface area contributed by atoms with Crippen molar-refractivity contribution in [2.45, 2.75) is 6.92 Å². The lowest BCUT2D eigenvalue weighted by molar-refractivity contribution is -0.384. The maximum Gasteiger partial charge on any atom is 0.288 e. The predicted molar refractivity (Wildman–Crippen MR) is 115 cm³/mol. The Morgan fingerprint density at radius 1 is 1.14 bits per heavy atom. The Kier molecular flexibility index (Phi) is 6.27. The molecular weight excluding hydrogens is 439 g/mol. The number of hydrogen-bond acceptors (Lipinski definition) is 4. The molecule has 0 saturated carbocycles. The van der Waals surface area contributed by atoms with E-state index in [9.17, 15) is 14.9 Å². The van der Waals surface area contributed by atoms with Gasteiger partial charge in [-0.05, 0) is 48.9 Å². The first-order chi connectivity index (χ1) is 13.8. The third-order valence-corrected chi connectivity index (χ3v) is 5.11. The summed E-state index contributed by atoms with van der Waals surface area (Å²) in [7, 11) is 0. The first-order valence-corrected chi connectivity index (χ1v) is 9.37. The number of nitrogens with zero attached hydrogens (tertiary/aromatic N) is 1. The SMILES string of the molecule is Cc1cc([N+](=O)[O-])c(Cl)cc1NC(=O)C=Cc1ccc(-c2cccc(Cl)c2Cl)o1. The summed E-state index contributed by atoms with van der Waals surface area (Å²) in [6, 6.07) is 11.2. The first kappa shape index (κ1) is 20.9. The Bertz CT molecular complexity index is 1140. The second-order valence-electron chi connectivity index (χ2n) is 6.00. The number of nitro groups is 1. The van der Waals surface area contributed by atoms with Crippen LogP contribution in [0.2, 0.25) is 15.1 Å². The van der Waals surface area contributed by atoms with Crippen LogP contribution in [0.15, 0.2) is 53.0 Å². The number of hydrogen-bond donors (Lipinski definition) is 1. The van der Waals surface area contributed by atoms with Crippen LogP contribution in [0.1, 0.15) is 11.3 Å². The Hall–Kier alpha value is -2.80. The van der Waals surface area contributed by atoms with Crippen LogP contribution in [0, 0.1) is 17.0 Å². The molecule has 6 nitrogen and oxygen atoms in total. The number of rotatable bonds is 5. The summed E-state index contributed by atoms with van der Waals surface area (Å²) in [6.07, 6.45) is 2.76. The van der Waals surface area contributed by atoms with Gasteiger partial charge in [-0.2, -0.15) is 0 Å². The largest absolute Gasteiger partial charge is 0.457 e. The van der Waals surface area contributed by atoms with Crippen LogP contribution in [-0.4, -0.2) is 10.8 Å². The van der Waals surface area contributed by atoms with E-state index in [1.54, 1.807) is 37.3 Å². The number of anilines is 1. The van der Waals surface area contributed by atoms with Gasteiger partial charge in [-0.25, -0.2) is 0 Å². The number of carbonyl (C=O) groups is 1. The highest BCUT2D eigenvalue weighted by atomic mass is 35.5. The lowest BCUT2D eigenvalue weighted by atomic mass is 10.1. The van der Waals surface area contributed by atoms with Crippen LogP contribution in [0.4, 0.5) is 11.4 Å². The van der Waals surface area contributed by atoms with Gasteiger partial charge in [0.15, 0.2) is 0 Å². The van der Waals surface area contributed by atoms with E-state index in [4.69, 9.17) is 39.2 Å². The molecule has 3 rings (SSSR count). The highest BCUT2D eigenvalue weighted by molar-refractivity contribution is 6.43. The minimum absolute atomic E-state index is 0.0612. The zero-order valence-electron chi connectivity index (χ0n) is 14.9. The van der Waals surface area contributed by atoms with E-state index < -0.39 is 10.8 Å². The minimum atomic E-state index is -0.582. The molecule has 0 aliphatic heterocycles. The molecule has 1 aromatic heterocycles. The molecule has 0 fully saturated rings. The van der Waals surface area contributed by atoms with E-state index in [0.717, 1.165) is 0 Å². The molecule has 9 heteroatoms. The zero-order valence-corrected chi connectivity index (χ0v) is 17.2. The van der Waals surface area contributed by atoms with Crippen molar-refractivity contribution < 1.29 is 14.1 Å². The number of aryl methyl sites for hydroxylation is 1. The number of nitro benzene ring substituents is 1. The Morgan fingerprint density at radius 2 is 1.90 bits per heavy atom. The molecule has 0 unspecified atom stereocenters. The molecule has 0 aliphatic rings. The smallest absolute Gasteiger partial charge is 0.288 e. The molecule has 0 aliphatic carbocycles. The van der Waals surface area contributed by atoms with Gasteiger partial charge in [-0.3, -0.25) is 14.9 Å². The van der Waals surface area contributed by atoms with Gasteiger partial charge in [0, 0.05) is 23.4 Å². The topological polar surface area (TPSA) is 85.4 Å². The van der Waals surface area contributed by atoms with Crippen LogP contribution < -0.4 is 5.32 Å². The molecule has 148 valence electrons. The van der Waals surface area contributed by atoms with E-state index in [1.807, 2.05) is 0 Å². The molecule has 1 heterocycles. The van der Waals surface area contributed by atoms with Crippen molar-refractivity contribution in [3.05, 3.63) is 85.0 Å². The van der Waals surface area contributed by atoms with Crippen molar-refractivity contribution in [2.75, 3.05) is 5.32 Å². The molecule has 0 bridgehead atoms. The van der Waals surface area contributed by atoms with E-state index in [0.29, 0.717) is 38.4 Å². The lowest BCUT2D eigenvalue weighted by Gasteiger charge is -2.07. The highest BCUT2D eigenvalue weighted by Crippen LogP contribution is 2.34. The maximum atomic E-state index is 12.2. The summed E-state index contributed by atoms with van der Waals surface area (Å²) in [6.45, 7) is 1.64. The number of halogens is 3. The molecule has 2 aromatic carbocycles. The summed E-state index contributed by atoms with van der Waals surface area (Å²) in [5, 5.41) is 14.3. The van der Waals surface area contributed by atoms with Gasteiger partial charge in [0.1, 0.15) is 16.5 Å². The Balaban J connectivity index is 1.74. The van der Waals surface area contributed by atoms with Gasteiger partial charge in [0.2, 0.25) is 5.91 Å². The maximum absolute atomic E-state index is 12.2. The lowest BCUT2D eigenvalue weighted by Crippen LogP contribution is -2.09. The van der Waals surface area contributed by atoms with Crippen molar-refractivity contribution in [3.8, 4) is 11.3 Å². The van der Waals surface area contributed by atoms with Crippen LogP contribution in [-0.2, 0) is 4.79 Å². The monoisotopic (exact) mass is 450 g/mol. The summed E-state index contributed by atoms with van der Waals surface area (Å²) < 4.78 is 5.69. The van der Waals surface area contributed by atoms with Crippen molar-refractivity contribution in [3.63, 3.8) is 0 Å². The fraction of sp³-hybridized carbons (Fsp3) is 0.0500. The molecule has 1 N–H and O–H groups in total. The van der Waals surface area contributed by atoms with Crippen molar-refractivity contribution >= 4 is 58.2 Å². The molecule has 0 radical (unpaired) electrons. The van der Waals surface area contributed by atoms with Gasteiger partial charge in [0.25, 0.3) is 5.69 Å². The number of carbonyl (C=O) groups excluding carboxylic acids is 1. The van der Waals surface area contributed by atoms with Gasteiger partial charge >= 0.3 is 0 Å². The van der Waals surface area contributed by atoms with Crippen LogP contribution in [0.5, 0.6) is 0 Å². The fourth-order valence-electron chi connectivity index (χ4n) is 2.55. The van der Waals surface area contributed by atoms with Gasteiger partial charge in [-0.15, -0.1) is 0 Å². The van der Waals surface area contributed by atoms with Gasteiger partial charge < -0.3 is 9.73 Å². The van der Waals surface area contributed by atoms with Gasteiger partial charge in [0.05, 0.1) is 15.0 Å². The third-order valence-electron chi connectivity index (χ3n) is 3.99. The van der Waals surface area contributed by atoms with Crippen molar-refractivity contribution in [1.29, 1.82) is 0 Å². The van der Waals surface area contributed by atoms with E-state index in [-0.39, 0.29) is 10.7 Å². The summed E-state index contributed by atoms with van der Waals surface area (Å²) in [5.41, 5.74) is 1.31. The standard InChI is InChI=1S/C20H13Cl3N2O4/c1-11-9-17(25(27)28)15(22)10-16(11)24-19(26)8-6-12-5-7-18(29-12)13-3-2-4-14(21)20(13)23/h2-10H,1H3,(H,24,26). The van der Waals surface area contributed by atoms with E-state index in [1.165, 1.54) is 24.3 Å². The average molecular weight is 452 g/mol. The highest BCUT2D eigenvalue weighted by Gasteiger charge is 2.16. The summed E-state index contributed by atoms with van der Waals surface area (Å²) in [5.74, 6) is 0.497. The van der Waals surface area contributed by atoms with E-state index in [2.05, 4.69) is 5.32 Å². The molecule has 0 atom stereocenters. The summed E-state index contributed by atoms with van der Waals surface area (Å²) >= 11 is 18.1. The van der Waals surface area contributed by atoms with Gasteiger partial charge in [-0.1, -0.05) is 40.9 Å². The first-order valence-electron chi connectivity index (χ1n) is 8.24. The molecular formula is C20H13Cl3N2O4. The number of amides is 1. The molecule has 29 heavy (non-hydrogen) atoms. The predicted octanol–water partition coefficient (Wildman–Crippen LogP) is 6.78. The van der Waals surface area contributed by atoms with Crippen molar-refractivity contribution in [2.24, 2.45) is 0 Å². The fourth-order valence-corrected chi connectivity index (χ4v) is 3.18. The third kappa shape index (κ3) is 4.79. The van der Waals surface area contributed by atoms with Crippen LogP contribution >= 0.6 is 34.8 Å². The van der Waals surface area contributed by atoms with Crippen LogP contribution in [0.25, 0.3) is 17.4 Å². The quantitative estimate of drug-likeness (QED) is 0.263. The normalized spacial score (nSPS) is 11.0. The molecule has 3 aromatic rings. The van der Waals surface area contributed by atoms with Crippen LogP contribution in [0.3, 0.4) is 0 Å². The summed E-state index contributed by atoms with van der Waals surface area (Å²) in [4.78, 5) is 22.5. The minimum Gasteiger partial charge on any atom is -0.457 e. The average Bonchev–Trinajstić information content (AvgIpc) is 3.13.